The van der Waals surface area contributed by atoms with Crippen LogP contribution < -0.4 is 5.32 Å². The highest BCUT2D eigenvalue weighted by Gasteiger charge is 2.40. The monoisotopic (exact) mass is 519 g/mol. The smallest absolute Gasteiger partial charge is 0.259 e. The first kappa shape index (κ1) is 25.3. The number of pyridine rings is 2. The Balaban J connectivity index is 1.25. The fourth-order valence-corrected chi connectivity index (χ4v) is 5.40. The molecule has 1 amide bonds. The third-order valence-corrected chi connectivity index (χ3v) is 7.97. The van der Waals surface area contributed by atoms with Crippen LogP contribution in [-0.2, 0) is 10.2 Å². The van der Waals surface area contributed by atoms with Crippen LogP contribution in [0.15, 0.2) is 36.7 Å². The predicted molar refractivity (Wildman–Crippen MR) is 140 cm³/mol. The molecule has 0 bridgehead atoms. The molecule has 3 aromatic heterocycles. The van der Waals surface area contributed by atoms with Crippen LogP contribution in [0.1, 0.15) is 53.1 Å². The van der Waals surface area contributed by atoms with Crippen molar-refractivity contribution in [3.05, 3.63) is 64.3 Å². The van der Waals surface area contributed by atoms with Crippen LogP contribution in [0.5, 0.6) is 0 Å². The Labute approximate surface area is 221 Å². The second-order valence-electron chi connectivity index (χ2n) is 9.75. The first-order valence-electron chi connectivity index (χ1n) is 12.6. The number of carbonyl (C=O) groups excluding carboxylic acids is 1. The van der Waals surface area contributed by atoms with Crippen molar-refractivity contribution in [2.24, 2.45) is 0 Å². The van der Waals surface area contributed by atoms with Crippen LogP contribution in [0, 0.1) is 25.2 Å². The van der Waals surface area contributed by atoms with E-state index >= 15 is 0 Å². The van der Waals surface area contributed by atoms with E-state index in [9.17, 15) is 10.1 Å². The predicted octanol–water partition coefficient (Wildman–Crippen LogP) is 4.22. The SMILES string of the molecule is Cc1nc(-n2ncc(C(=O)Nc3ccc(C4(C#N)CCC(N5CCOCC5)CC4)nc3)c2C)ccc1Cl. The maximum Gasteiger partial charge on any atom is 0.259 e. The van der Waals surface area contributed by atoms with Crippen LogP contribution in [-0.4, -0.2) is 62.9 Å². The Morgan fingerprint density at radius 3 is 2.57 bits per heavy atom. The zero-order valence-corrected chi connectivity index (χ0v) is 21.8. The number of hydrogen-bond donors (Lipinski definition) is 1. The summed E-state index contributed by atoms with van der Waals surface area (Å²) in [6.07, 6.45) is 6.65. The van der Waals surface area contributed by atoms with Crippen LogP contribution in [0.2, 0.25) is 5.02 Å². The molecule has 1 saturated carbocycles. The van der Waals surface area contributed by atoms with Gasteiger partial charge in [0.25, 0.3) is 5.91 Å². The number of anilines is 1. The number of hydrogen-bond acceptors (Lipinski definition) is 7. The molecule has 2 fully saturated rings. The number of halogens is 1. The summed E-state index contributed by atoms with van der Waals surface area (Å²) in [5, 5.41) is 17.9. The van der Waals surface area contributed by atoms with Crippen molar-refractivity contribution in [1.29, 1.82) is 5.26 Å². The van der Waals surface area contributed by atoms with Crippen molar-refractivity contribution in [1.82, 2.24) is 24.6 Å². The summed E-state index contributed by atoms with van der Waals surface area (Å²) in [5.74, 6) is 0.305. The molecule has 1 aliphatic heterocycles. The molecule has 0 unspecified atom stereocenters. The van der Waals surface area contributed by atoms with Gasteiger partial charge in [-0.25, -0.2) is 9.67 Å². The molecule has 4 heterocycles. The summed E-state index contributed by atoms with van der Waals surface area (Å²) in [7, 11) is 0. The van der Waals surface area contributed by atoms with Gasteiger partial charge < -0.3 is 10.1 Å². The summed E-state index contributed by atoms with van der Waals surface area (Å²) >= 11 is 6.08. The second-order valence-corrected chi connectivity index (χ2v) is 10.2. The molecular formula is C27H30ClN7O2. The molecule has 9 nitrogen and oxygen atoms in total. The van der Waals surface area contributed by atoms with Gasteiger partial charge in [-0.15, -0.1) is 0 Å². The van der Waals surface area contributed by atoms with E-state index in [0.717, 1.165) is 57.7 Å². The minimum atomic E-state index is -0.591. The minimum absolute atomic E-state index is 0.287. The largest absolute Gasteiger partial charge is 0.379 e. The zero-order chi connectivity index (χ0) is 26.0. The van der Waals surface area contributed by atoms with E-state index in [0.29, 0.717) is 39.5 Å². The minimum Gasteiger partial charge on any atom is -0.379 e. The molecule has 2 aliphatic rings. The molecule has 0 spiro atoms. The van der Waals surface area contributed by atoms with Crippen LogP contribution in [0.3, 0.4) is 0 Å². The fraction of sp³-hybridized carbons (Fsp3) is 0.444. The topological polar surface area (TPSA) is 109 Å². The van der Waals surface area contributed by atoms with Crippen molar-refractivity contribution in [3.8, 4) is 11.9 Å². The van der Waals surface area contributed by atoms with E-state index in [-0.39, 0.29) is 5.91 Å². The van der Waals surface area contributed by atoms with E-state index in [2.05, 4.69) is 31.4 Å². The van der Waals surface area contributed by atoms with E-state index in [1.165, 1.54) is 6.20 Å². The molecular weight excluding hydrogens is 490 g/mol. The van der Waals surface area contributed by atoms with Crippen molar-refractivity contribution >= 4 is 23.2 Å². The van der Waals surface area contributed by atoms with Crippen molar-refractivity contribution in [3.63, 3.8) is 0 Å². The number of amides is 1. The number of nitriles is 1. The van der Waals surface area contributed by atoms with Gasteiger partial charge >= 0.3 is 0 Å². The Morgan fingerprint density at radius 1 is 1.16 bits per heavy atom. The van der Waals surface area contributed by atoms with E-state index in [4.69, 9.17) is 16.3 Å². The average molecular weight is 520 g/mol. The molecule has 5 rings (SSSR count). The fourth-order valence-electron chi connectivity index (χ4n) is 5.29. The van der Waals surface area contributed by atoms with E-state index in [1.54, 1.807) is 23.0 Å². The molecule has 3 aromatic rings. The first-order valence-corrected chi connectivity index (χ1v) is 13.0. The number of aryl methyl sites for hydroxylation is 1. The van der Waals surface area contributed by atoms with E-state index < -0.39 is 5.41 Å². The van der Waals surface area contributed by atoms with Gasteiger partial charge in [0.1, 0.15) is 0 Å². The molecule has 0 radical (unpaired) electrons. The highest BCUT2D eigenvalue weighted by molar-refractivity contribution is 6.31. The lowest BCUT2D eigenvalue weighted by molar-refractivity contribution is 0.00493. The van der Waals surface area contributed by atoms with Gasteiger partial charge in [0, 0.05) is 19.1 Å². The van der Waals surface area contributed by atoms with Gasteiger partial charge in [-0.3, -0.25) is 14.7 Å². The second kappa shape index (κ2) is 10.6. The van der Waals surface area contributed by atoms with Gasteiger partial charge in [0.2, 0.25) is 0 Å². The zero-order valence-electron chi connectivity index (χ0n) is 21.1. The lowest BCUT2D eigenvalue weighted by Gasteiger charge is -2.41. The van der Waals surface area contributed by atoms with Gasteiger partial charge in [-0.2, -0.15) is 10.4 Å². The third-order valence-electron chi connectivity index (χ3n) is 7.57. The lowest BCUT2D eigenvalue weighted by atomic mass is 9.71. The molecule has 192 valence electrons. The third kappa shape index (κ3) is 5.10. The Hall–Kier alpha value is -3.32. The molecule has 1 aliphatic carbocycles. The maximum atomic E-state index is 13.0. The molecule has 0 aromatic carbocycles. The Kier molecular flexibility index (Phi) is 7.24. The van der Waals surface area contributed by atoms with Crippen molar-refractivity contribution in [2.75, 3.05) is 31.6 Å². The van der Waals surface area contributed by atoms with Gasteiger partial charge in [-0.1, -0.05) is 11.6 Å². The molecule has 1 N–H and O–H groups in total. The van der Waals surface area contributed by atoms with Gasteiger partial charge in [-0.05, 0) is 63.8 Å². The summed E-state index contributed by atoms with van der Waals surface area (Å²) in [5.41, 5.74) is 2.53. The normalized spacial score (nSPS) is 22.4. The van der Waals surface area contributed by atoms with Crippen molar-refractivity contribution < 1.29 is 9.53 Å². The van der Waals surface area contributed by atoms with E-state index in [1.807, 2.05) is 26.0 Å². The van der Waals surface area contributed by atoms with Crippen LogP contribution >= 0.6 is 11.6 Å². The summed E-state index contributed by atoms with van der Waals surface area (Å²) < 4.78 is 7.09. The van der Waals surface area contributed by atoms with Gasteiger partial charge in [0.15, 0.2) is 5.82 Å². The Morgan fingerprint density at radius 2 is 1.92 bits per heavy atom. The molecule has 1 saturated heterocycles. The first-order chi connectivity index (χ1) is 17.9. The lowest BCUT2D eigenvalue weighted by Crippen LogP contribution is -2.47. The highest BCUT2D eigenvalue weighted by Crippen LogP contribution is 2.40. The number of morpholine rings is 1. The number of aromatic nitrogens is 4. The summed E-state index contributed by atoms with van der Waals surface area (Å²) in [6, 6.07) is 10.3. The molecule has 0 atom stereocenters. The molecule has 37 heavy (non-hydrogen) atoms. The number of carbonyl (C=O) groups is 1. The van der Waals surface area contributed by atoms with Crippen molar-refractivity contribution in [2.45, 2.75) is 51.0 Å². The summed E-state index contributed by atoms with van der Waals surface area (Å²) in [6.45, 7) is 7.13. The number of ether oxygens (including phenoxy) is 1. The number of rotatable bonds is 5. The molecule has 10 heteroatoms. The number of nitrogens with zero attached hydrogens (tertiary/aromatic N) is 6. The standard InChI is InChI=1S/C27H30ClN7O2/c1-18-23(28)4-6-25(32-18)35-19(2)22(16-31-35)26(36)33-20-3-5-24(30-15-20)27(17-29)9-7-21(8-10-27)34-11-13-37-14-12-34/h3-6,15-16,21H,7-14H2,1-2H3,(H,33,36). The Bertz CT molecular complexity index is 1320. The van der Waals surface area contributed by atoms with Crippen LogP contribution in [0.25, 0.3) is 5.82 Å². The number of nitrogens with one attached hydrogen (secondary N) is 1. The van der Waals surface area contributed by atoms with Crippen LogP contribution in [0.4, 0.5) is 5.69 Å². The maximum absolute atomic E-state index is 13.0. The van der Waals surface area contributed by atoms with Gasteiger partial charge in [0.05, 0.1) is 70.4 Å². The quantitative estimate of drug-likeness (QED) is 0.537. The highest BCUT2D eigenvalue weighted by atomic mass is 35.5. The summed E-state index contributed by atoms with van der Waals surface area (Å²) in [4.78, 5) is 24.5. The average Bonchev–Trinajstić information content (AvgIpc) is 3.32.